The number of benzene rings is 1. The monoisotopic (exact) mass is 463 g/mol. The summed E-state index contributed by atoms with van der Waals surface area (Å²) in [5.74, 6) is 0. The number of hydrogen-bond donors (Lipinski definition) is 0. The van der Waals surface area contributed by atoms with Crippen LogP contribution in [-0.2, 0) is 8.86 Å². The molecule has 2 aromatic rings. The molecule has 2 rings (SSSR count). The predicted octanol–water partition coefficient (Wildman–Crippen LogP) is 3.99. The summed E-state index contributed by atoms with van der Waals surface area (Å²) < 4.78 is 1.66. The highest BCUT2D eigenvalue weighted by Crippen LogP contribution is 2.24. The lowest BCUT2D eigenvalue weighted by Crippen LogP contribution is -2.02. The third-order valence-electron chi connectivity index (χ3n) is 3.00. The van der Waals surface area contributed by atoms with Crippen LogP contribution in [0.4, 0.5) is 0 Å². The van der Waals surface area contributed by atoms with Crippen LogP contribution in [0, 0.1) is 25.2 Å². The molecule has 0 aliphatic carbocycles. The van der Waals surface area contributed by atoms with Gasteiger partial charge in [0.15, 0.2) is 0 Å². The van der Waals surface area contributed by atoms with E-state index < -0.39 is 0 Å². The first-order valence-electron chi connectivity index (χ1n) is 5.44. The maximum absolute atomic E-state index is 9.31. The van der Waals surface area contributed by atoms with Gasteiger partial charge in [-0.3, -0.25) is 0 Å². The minimum absolute atomic E-state index is 0.656. The quantitative estimate of drug-likeness (QED) is 0.501. The highest BCUT2D eigenvalue weighted by Gasteiger charge is 2.13. The van der Waals surface area contributed by atoms with Crippen molar-refractivity contribution in [2.24, 2.45) is 0 Å². The van der Waals surface area contributed by atoms with Gasteiger partial charge in [-0.2, -0.15) is 5.26 Å². The number of nitrogens with zero attached hydrogens (tertiary/aromatic N) is 3. The van der Waals surface area contributed by atoms with Gasteiger partial charge in [-0.05, 0) is 31.0 Å². The van der Waals surface area contributed by atoms with Crippen molar-refractivity contribution in [3.05, 3.63) is 34.1 Å². The van der Waals surface area contributed by atoms with Crippen molar-refractivity contribution in [1.29, 1.82) is 5.26 Å². The normalized spacial score (nSPS) is 10.6. The number of halogens is 2. The van der Waals surface area contributed by atoms with Crippen molar-refractivity contribution >= 4 is 56.2 Å². The van der Waals surface area contributed by atoms with Gasteiger partial charge < -0.3 is 0 Å². The van der Waals surface area contributed by atoms with E-state index in [4.69, 9.17) is 0 Å². The summed E-state index contributed by atoms with van der Waals surface area (Å²) in [5.41, 5.74) is 6.32. The molecule has 0 spiro atoms. The fraction of sp³-hybridized carbons (Fsp3) is 0.308. The number of hydrogen-bond acceptors (Lipinski definition) is 3. The van der Waals surface area contributed by atoms with Gasteiger partial charge in [0.2, 0.25) is 0 Å². The van der Waals surface area contributed by atoms with E-state index in [0.29, 0.717) is 5.56 Å². The second-order valence-electron chi connectivity index (χ2n) is 4.06. The van der Waals surface area contributed by atoms with Crippen molar-refractivity contribution in [3.8, 4) is 6.07 Å². The van der Waals surface area contributed by atoms with Crippen LogP contribution >= 0.6 is 45.2 Å². The topological polar surface area (TPSA) is 49.6 Å². The van der Waals surface area contributed by atoms with E-state index in [0.717, 1.165) is 42.4 Å². The third kappa shape index (κ3) is 2.32. The molecule has 0 saturated carbocycles. The molecule has 0 radical (unpaired) electrons. The van der Waals surface area contributed by atoms with Crippen LogP contribution in [0.25, 0.3) is 11.0 Å². The number of aryl methyl sites for hydroxylation is 1. The van der Waals surface area contributed by atoms with Crippen molar-refractivity contribution in [2.75, 3.05) is 0 Å². The Hall–Kier alpha value is -0.490. The Balaban J connectivity index is 2.90. The van der Waals surface area contributed by atoms with Crippen molar-refractivity contribution in [2.45, 2.75) is 22.7 Å². The number of alkyl halides is 2. The summed E-state index contributed by atoms with van der Waals surface area (Å²) in [7, 11) is 0. The highest BCUT2D eigenvalue weighted by molar-refractivity contribution is 14.1. The number of nitriles is 1. The van der Waals surface area contributed by atoms with Gasteiger partial charge in [0.25, 0.3) is 0 Å². The summed E-state index contributed by atoms with van der Waals surface area (Å²) in [6.07, 6.45) is 0. The average molecular weight is 463 g/mol. The fourth-order valence-electron chi connectivity index (χ4n) is 1.84. The molecule has 0 fully saturated rings. The first-order chi connectivity index (χ1) is 8.62. The van der Waals surface area contributed by atoms with Crippen molar-refractivity contribution < 1.29 is 0 Å². The molecule has 0 N–H and O–H groups in total. The first kappa shape index (κ1) is 13.9. The molecule has 1 aromatic heterocycles. The molecule has 0 aliphatic heterocycles. The van der Waals surface area contributed by atoms with Crippen LogP contribution in [0.15, 0.2) is 6.07 Å². The largest absolute Gasteiger partial charge is 0.248 e. The first-order valence-corrected chi connectivity index (χ1v) is 8.49. The van der Waals surface area contributed by atoms with Gasteiger partial charge in [0, 0.05) is 8.86 Å². The predicted molar refractivity (Wildman–Crippen MR) is 89.2 cm³/mol. The molecule has 0 saturated heterocycles. The number of rotatable bonds is 2. The third-order valence-corrected chi connectivity index (χ3v) is 4.44. The molecule has 0 amide bonds. The molecular weight excluding hydrogens is 452 g/mol. The van der Waals surface area contributed by atoms with Gasteiger partial charge in [-0.25, -0.2) is 9.97 Å². The van der Waals surface area contributed by atoms with Crippen molar-refractivity contribution in [3.63, 3.8) is 0 Å². The number of aromatic nitrogens is 2. The van der Waals surface area contributed by atoms with Gasteiger partial charge in [0.05, 0.1) is 22.5 Å². The van der Waals surface area contributed by atoms with Gasteiger partial charge in [-0.1, -0.05) is 45.2 Å². The van der Waals surface area contributed by atoms with Crippen LogP contribution in [-0.4, -0.2) is 9.97 Å². The van der Waals surface area contributed by atoms with Crippen LogP contribution in [0.2, 0.25) is 0 Å². The molecule has 1 heterocycles. The Labute approximate surface area is 133 Å². The summed E-state index contributed by atoms with van der Waals surface area (Å²) in [6.45, 7) is 3.97. The summed E-state index contributed by atoms with van der Waals surface area (Å²) >= 11 is 4.58. The summed E-state index contributed by atoms with van der Waals surface area (Å²) in [6, 6.07) is 4.28. The lowest BCUT2D eigenvalue weighted by Gasteiger charge is -2.10. The van der Waals surface area contributed by atoms with E-state index in [2.05, 4.69) is 61.2 Å². The standard InChI is InChI=1S/C13H11I2N3/c1-7-3-10-13(9(6-16)8(7)2)18-12(5-15)11(4-14)17-10/h3H,4-5H2,1-2H3. The molecule has 0 bridgehead atoms. The van der Waals surface area contributed by atoms with Crippen LogP contribution in [0.5, 0.6) is 0 Å². The Morgan fingerprint density at radius 3 is 2.33 bits per heavy atom. The fourth-order valence-corrected chi connectivity index (χ4v) is 3.06. The molecule has 0 unspecified atom stereocenters. The molecular formula is C13H11I2N3. The lowest BCUT2D eigenvalue weighted by atomic mass is 10.0. The molecule has 0 aliphatic rings. The Kier molecular flexibility index (Phi) is 4.37. The van der Waals surface area contributed by atoms with E-state index in [1.807, 2.05) is 19.9 Å². The van der Waals surface area contributed by atoms with Crippen LogP contribution in [0.3, 0.4) is 0 Å². The average Bonchev–Trinajstić information content (AvgIpc) is 2.39. The van der Waals surface area contributed by atoms with E-state index in [1.54, 1.807) is 0 Å². The molecule has 5 heteroatoms. The van der Waals surface area contributed by atoms with Crippen LogP contribution < -0.4 is 0 Å². The minimum atomic E-state index is 0.656. The van der Waals surface area contributed by atoms with E-state index >= 15 is 0 Å². The van der Waals surface area contributed by atoms with Gasteiger partial charge >= 0.3 is 0 Å². The Bertz CT molecular complexity index is 660. The zero-order chi connectivity index (χ0) is 13.3. The molecule has 1 aromatic carbocycles. The lowest BCUT2D eigenvalue weighted by molar-refractivity contribution is 1.08. The Morgan fingerprint density at radius 2 is 1.78 bits per heavy atom. The second kappa shape index (κ2) is 5.65. The van der Waals surface area contributed by atoms with E-state index in [1.165, 1.54) is 0 Å². The van der Waals surface area contributed by atoms with E-state index in [9.17, 15) is 5.26 Å². The molecule has 18 heavy (non-hydrogen) atoms. The highest BCUT2D eigenvalue weighted by atomic mass is 127. The maximum atomic E-state index is 9.31. The second-order valence-corrected chi connectivity index (χ2v) is 5.58. The van der Waals surface area contributed by atoms with Crippen molar-refractivity contribution in [1.82, 2.24) is 9.97 Å². The summed E-state index contributed by atoms with van der Waals surface area (Å²) in [5, 5.41) is 9.31. The SMILES string of the molecule is Cc1cc2nc(CI)c(CI)nc2c(C#N)c1C. The van der Waals surface area contributed by atoms with Gasteiger partial charge in [-0.15, -0.1) is 0 Å². The zero-order valence-corrected chi connectivity index (χ0v) is 14.4. The van der Waals surface area contributed by atoms with Gasteiger partial charge in [0.1, 0.15) is 11.6 Å². The van der Waals surface area contributed by atoms with E-state index in [-0.39, 0.29) is 0 Å². The molecule has 92 valence electrons. The zero-order valence-electron chi connectivity index (χ0n) is 10.1. The summed E-state index contributed by atoms with van der Waals surface area (Å²) in [4.78, 5) is 9.29. The maximum Gasteiger partial charge on any atom is 0.107 e. The minimum Gasteiger partial charge on any atom is -0.248 e. The smallest absolute Gasteiger partial charge is 0.107 e. The number of fused-ring (bicyclic) bond motifs is 1. The molecule has 0 atom stereocenters. The Morgan fingerprint density at radius 1 is 1.17 bits per heavy atom. The van der Waals surface area contributed by atoms with Crippen LogP contribution in [0.1, 0.15) is 28.1 Å². The molecule has 3 nitrogen and oxygen atoms in total.